The number of fused-ring (bicyclic) bond motifs is 1. The number of amides is 1. The van der Waals surface area contributed by atoms with Gasteiger partial charge >= 0.3 is 6.09 Å². The first-order valence-electron chi connectivity index (χ1n) is 6.05. The monoisotopic (exact) mass is 253 g/mol. The van der Waals surface area contributed by atoms with E-state index in [4.69, 9.17) is 10.5 Å². The summed E-state index contributed by atoms with van der Waals surface area (Å²) in [5, 5.41) is 6.70. The summed E-state index contributed by atoms with van der Waals surface area (Å²) in [5.41, 5.74) is 5.38. The predicted octanol–water partition coefficient (Wildman–Crippen LogP) is 1.42. The van der Waals surface area contributed by atoms with Gasteiger partial charge in [0.05, 0.1) is 6.04 Å². The van der Waals surface area contributed by atoms with Gasteiger partial charge in [0.1, 0.15) is 11.4 Å². The molecule has 1 atom stereocenters. The molecule has 0 spiro atoms. The zero-order chi connectivity index (χ0) is 13.3. The number of rotatable bonds is 1. The van der Waals surface area contributed by atoms with E-state index in [-0.39, 0.29) is 12.0 Å². The summed E-state index contributed by atoms with van der Waals surface area (Å²) in [6.45, 7) is 6.18. The minimum absolute atomic E-state index is 0.111. The standard InChI is InChI=1S/C11H19N5O2/c1-11(2,3)18-10(17)14-9-13-8-7(12)5-4-6-16(8)15-9/h7H,4-6,12H2,1-3H3,(H,14,15,17). The Hall–Kier alpha value is -1.63. The van der Waals surface area contributed by atoms with Crippen molar-refractivity contribution >= 4 is 12.0 Å². The highest BCUT2D eigenvalue weighted by molar-refractivity contribution is 5.82. The molecular formula is C11H19N5O2. The molecule has 18 heavy (non-hydrogen) atoms. The number of nitrogens with one attached hydrogen (secondary N) is 1. The van der Waals surface area contributed by atoms with Crippen LogP contribution in [-0.4, -0.2) is 26.5 Å². The number of hydrogen-bond donors (Lipinski definition) is 2. The van der Waals surface area contributed by atoms with E-state index in [2.05, 4.69) is 15.4 Å². The Morgan fingerprint density at radius 3 is 2.89 bits per heavy atom. The molecule has 3 N–H and O–H groups in total. The molecule has 1 aromatic rings. The maximum absolute atomic E-state index is 11.6. The van der Waals surface area contributed by atoms with Crippen LogP contribution in [0.1, 0.15) is 45.5 Å². The zero-order valence-corrected chi connectivity index (χ0v) is 10.9. The molecule has 1 aromatic heterocycles. The van der Waals surface area contributed by atoms with E-state index in [1.54, 1.807) is 25.5 Å². The Morgan fingerprint density at radius 2 is 2.28 bits per heavy atom. The lowest BCUT2D eigenvalue weighted by Gasteiger charge is -2.18. The quantitative estimate of drug-likeness (QED) is 0.789. The van der Waals surface area contributed by atoms with Crippen LogP contribution in [0.2, 0.25) is 0 Å². The van der Waals surface area contributed by atoms with E-state index in [1.165, 1.54) is 0 Å². The van der Waals surface area contributed by atoms with Gasteiger partial charge in [-0.2, -0.15) is 4.98 Å². The third kappa shape index (κ3) is 2.98. The van der Waals surface area contributed by atoms with E-state index >= 15 is 0 Å². The number of hydrogen-bond acceptors (Lipinski definition) is 5. The number of aromatic nitrogens is 3. The van der Waals surface area contributed by atoms with Gasteiger partial charge in [0.15, 0.2) is 0 Å². The fourth-order valence-electron chi connectivity index (χ4n) is 1.83. The van der Waals surface area contributed by atoms with Crippen molar-refractivity contribution in [1.82, 2.24) is 14.8 Å². The SMILES string of the molecule is CC(C)(C)OC(=O)Nc1nc2n(n1)CCCC2N. The number of carbonyl (C=O) groups is 1. The van der Waals surface area contributed by atoms with E-state index in [9.17, 15) is 4.79 Å². The van der Waals surface area contributed by atoms with Crippen LogP contribution in [0.4, 0.5) is 10.7 Å². The number of ether oxygens (including phenoxy) is 1. The lowest BCUT2D eigenvalue weighted by molar-refractivity contribution is 0.0634. The summed E-state index contributed by atoms with van der Waals surface area (Å²) < 4.78 is 6.87. The summed E-state index contributed by atoms with van der Waals surface area (Å²) in [6.07, 6.45) is 1.31. The Bertz CT molecular complexity index is 449. The van der Waals surface area contributed by atoms with Crippen LogP contribution in [0.25, 0.3) is 0 Å². The minimum atomic E-state index is -0.556. The number of nitrogens with zero attached hydrogens (tertiary/aromatic N) is 3. The molecule has 7 nitrogen and oxygen atoms in total. The Balaban J connectivity index is 2.05. The second-order valence-electron chi connectivity index (χ2n) is 5.39. The summed E-state index contributed by atoms with van der Waals surface area (Å²) >= 11 is 0. The highest BCUT2D eigenvalue weighted by Crippen LogP contribution is 2.21. The maximum atomic E-state index is 11.6. The molecule has 0 saturated heterocycles. The molecule has 0 aliphatic carbocycles. The van der Waals surface area contributed by atoms with Crippen molar-refractivity contribution < 1.29 is 9.53 Å². The summed E-state index contributed by atoms with van der Waals surface area (Å²) in [5.74, 6) is 0.962. The molecule has 2 heterocycles. The summed E-state index contributed by atoms with van der Waals surface area (Å²) in [4.78, 5) is 15.8. The normalized spacial score (nSPS) is 19.2. The smallest absolute Gasteiger partial charge is 0.414 e. The average Bonchev–Trinajstić information content (AvgIpc) is 2.58. The van der Waals surface area contributed by atoms with Crippen LogP contribution in [0.15, 0.2) is 0 Å². The molecule has 0 aromatic carbocycles. The van der Waals surface area contributed by atoms with Gasteiger partial charge in [-0.25, -0.2) is 9.48 Å². The second-order valence-corrected chi connectivity index (χ2v) is 5.39. The lowest BCUT2D eigenvalue weighted by Crippen LogP contribution is -2.27. The molecule has 1 amide bonds. The van der Waals surface area contributed by atoms with Crippen LogP contribution >= 0.6 is 0 Å². The summed E-state index contributed by atoms with van der Waals surface area (Å²) in [6, 6.07) is -0.111. The highest BCUT2D eigenvalue weighted by Gasteiger charge is 2.23. The van der Waals surface area contributed by atoms with Gasteiger partial charge in [-0.1, -0.05) is 0 Å². The highest BCUT2D eigenvalue weighted by atomic mass is 16.6. The largest absolute Gasteiger partial charge is 0.444 e. The van der Waals surface area contributed by atoms with Crippen molar-refractivity contribution in [2.45, 2.75) is 51.8 Å². The number of anilines is 1. The Kier molecular flexibility index (Phi) is 3.25. The van der Waals surface area contributed by atoms with Crippen molar-refractivity contribution in [3.05, 3.63) is 5.82 Å². The van der Waals surface area contributed by atoms with Gasteiger partial charge in [-0.15, -0.1) is 5.10 Å². The first-order chi connectivity index (χ1) is 8.35. The Morgan fingerprint density at radius 1 is 1.56 bits per heavy atom. The van der Waals surface area contributed by atoms with Crippen LogP contribution in [-0.2, 0) is 11.3 Å². The number of carbonyl (C=O) groups excluding carboxylic acids is 1. The van der Waals surface area contributed by atoms with E-state index in [0.29, 0.717) is 5.82 Å². The van der Waals surface area contributed by atoms with Crippen LogP contribution < -0.4 is 11.1 Å². The van der Waals surface area contributed by atoms with Crippen LogP contribution in [0.5, 0.6) is 0 Å². The van der Waals surface area contributed by atoms with E-state index < -0.39 is 11.7 Å². The number of aryl methyl sites for hydroxylation is 1. The minimum Gasteiger partial charge on any atom is -0.444 e. The molecule has 1 unspecified atom stereocenters. The third-order valence-electron chi connectivity index (χ3n) is 2.53. The van der Waals surface area contributed by atoms with Gasteiger partial charge in [0.25, 0.3) is 5.95 Å². The molecule has 7 heteroatoms. The van der Waals surface area contributed by atoms with Gasteiger partial charge in [0.2, 0.25) is 0 Å². The molecule has 2 rings (SSSR count). The average molecular weight is 253 g/mol. The second kappa shape index (κ2) is 4.56. The van der Waals surface area contributed by atoms with Gasteiger partial charge in [-0.3, -0.25) is 5.32 Å². The Labute approximate surface area is 106 Å². The fourth-order valence-corrected chi connectivity index (χ4v) is 1.83. The van der Waals surface area contributed by atoms with Gasteiger partial charge in [-0.05, 0) is 33.6 Å². The third-order valence-corrected chi connectivity index (χ3v) is 2.53. The maximum Gasteiger partial charge on any atom is 0.414 e. The van der Waals surface area contributed by atoms with Crippen molar-refractivity contribution in [2.24, 2.45) is 5.73 Å². The molecule has 1 aliphatic rings. The first kappa shape index (κ1) is 12.8. The lowest BCUT2D eigenvalue weighted by atomic mass is 10.1. The number of nitrogens with two attached hydrogens (primary N) is 1. The molecular weight excluding hydrogens is 234 g/mol. The van der Waals surface area contributed by atoms with Gasteiger partial charge < -0.3 is 10.5 Å². The molecule has 0 bridgehead atoms. The molecule has 100 valence electrons. The zero-order valence-electron chi connectivity index (χ0n) is 10.9. The topological polar surface area (TPSA) is 95.1 Å². The molecule has 1 aliphatic heterocycles. The van der Waals surface area contributed by atoms with E-state index in [0.717, 1.165) is 19.4 Å². The molecule has 0 saturated carbocycles. The fraction of sp³-hybridized carbons (Fsp3) is 0.727. The van der Waals surface area contributed by atoms with E-state index in [1.807, 2.05) is 0 Å². The predicted molar refractivity (Wildman–Crippen MR) is 66.0 cm³/mol. The molecule has 0 fully saturated rings. The van der Waals surface area contributed by atoms with Crippen LogP contribution in [0.3, 0.4) is 0 Å². The van der Waals surface area contributed by atoms with Crippen molar-refractivity contribution in [1.29, 1.82) is 0 Å². The van der Waals surface area contributed by atoms with Crippen LogP contribution in [0, 0.1) is 0 Å². The first-order valence-corrected chi connectivity index (χ1v) is 6.05. The van der Waals surface area contributed by atoms with Crippen molar-refractivity contribution in [3.8, 4) is 0 Å². The molecule has 0 radical (unpaired) electrons. The van der Waals surface area contributed by atoms with Gasteiger partial charge in [0, 0.05) is 6.54 Å². The summed E-state index contributed by atoms with van der Waals surface area (Å²) in [7, 11) is 0. The van der Waals surface area contributed by atoms with Crippen molar-refractivity contribution in [2.75, 3.05) is 5.32 Å². The van der Waals surface area contributed by atoms with Crippen molar-refractivity contribution in [3.63, 3.8) is 0 Å².